The molecule has 56 heavy (non-hydrogen) atoms. The average molecular weight is 784 g/mol. The molecule has 0 saturated carbocycles. The highest BCUT2D eigenvalue weighted by Gasteiger charge is 2.30. The van der Waals surface area contributed by atoms with Crippen LogP contribution in [-0.4, -0.2) is 53.5 Å². The Hall–Kier alpha value is -5.32. The number of alkyl halides is 3. The lowest BCUT2D eigenvalue weighted by molar-refractivity contribution is -0.137. The molecule has 11 heteroatoms. The second kappa shape index (κ2) is 18.5. The molecule has 5 aromatic rings. The quantitative estimate of drug-likeness (QED) is 0.105. The first-order valence-electron chi connectivity index (χ1n) is 18.6. The molecule has 7 nitrogen and oxygen atoms in total. The number of rotatable bonds is 14. The van der Waals surface area contributed by atoms with Crippen LogP contribution < -0.4 is 14.2 Å². The predicted molar refractivity (Wildman–Crippen MR) is 213 cm³/mol. The van der Waals surface area contributed by atoms with Gasteiger partial charge < -0.3 is 19.1 Å². The first-order chi connectivity index (χ1) is 26.9. The van der Waals surface area contributed by atoms with Gasteiger partial charge in [0.25, 0.3) is 0 Å². The van der Waals surface area contributed by atoms with Crippen LogP contribution in [0, 0.1) is 6.92 Å². The van der Waals surface area contributed by atoms with Gasteiger partial charge >= 0.3 is 6.18 Å². The lowest BCUT2D eigenvalue weighted by Crippen LogP contribution is -2.47. The fourth-order valence-corrected chi connectivity index (χ4v) is 6.57. The summed E-state index contributed by atoms with van der Waals surface area (Å²) in [4.78, 5) is 21.6. The third-order valence-corrected chi connectivity index (χ3v) is 9.87. The van der Waals surface area contributed by atoms with Gasteiger partial charge in [-0.05, 0) is 94.8 Å². The third kappa shape index (κ3) is 11.4. The molecule has 0 spiro atoms. The number of halogens is 4. The predicted octanol–water partition coefficient (Wildman–Crippen LogP) is 10.5. The molecule has 1 aromatic heterocycles. The molecule has 1 fully saturated rings. The molecule has 0 aliphatic carbocycles. The molecule has 0 unspecified atom stereocenters. The fourth-order valence-electron chi connectivity index (χ4n) is 6.26. The van der Waals surface area contributed by atoms with Gasteiger partial charge in [-0.25, -0.2) is 4.98 Å². The van der Waals surface area contributed by atoms with E-state index in [1.54, 1.807) is 30.4 Å². The smallest absolute Gasteiger partial charge is 0.416 e. The second-order valence-corrected chi connectivity index (χ2v) is 14.5. The van der Waals surface area contributed by atoms with Crippen LogP contribution in [0.15, 0.2) is 109 Å². The summed E-state index contributed by atoms with van der Waals surface area (Å²) in [7, 11) is 0. The normalized spacial score (nSPS) is 13.7. The largest absolute Gasteiger partial charge is 0.493 e. The maximum Gasteiger partial charge on any atom is 0.416 e. The first-order valence-corrected chi connectivity index (χ1v) is 19.0. The number of ether oxygens (including phenoxy) is 3. The summed E-state index contributed by atoms with van der Waals surface area (Å²) in [5, 5.41) is 0.365. The molecule has 0 N–H and O–H groups in total. The lowest BCUT2D eigenvalue weighted by atomic mass is 10.0. The first kappa shape index (κ1) is 40.3. The Morgan fingerprint density at radius 1 is 0.839 bits per heavy atom. The van der Waals surface area contributed by atoms with Crippen molar-refractivity contribution in [1.29, 1.82) is 0 Å². The molecule has 0 radical (unpaired) electrons. The van der Waals surface area contributed by atoms with Crippen LogP contribution in [0.2, 0.25) is 5.02 Å². The number of aryl methyl sites for hydroxylation is 1. The monoisotopic (exact) mass is 783 g/mol. The molecule has 0 atom stereocenters. The summed E-state index contributed by atoms with van der Waals surface area (Å²) in [5.74, 6) is 2.50. The minimum Gasteiger partial charge on any atom is -0.493 e. The molecular weight excluding hydrogens is 739 g/mol. The Balaban J connectivity index is 0.920. The van der Waals surface area contributed by atoms with Crippen molar-refractivity contribution in [2.45, 2.75) is 52.4 Å². The van der Waals surface area contributed by atoms with E-state index in [0.717, 1.165) is 55.1 Å². The molecule has 0 bridgehead atoms. The fraction of sp³-hybridized carbons (Fsp3) is 0.289. The van der Waals surface area contributed by atoms with E-state index in [2.05, 4.69) is 60.1 Å². The number of amides is 1. The van der Waals surface area contributed by atoms with Crippen LogP contribution in [0.3, 0.4) is 0 Å². The summed E-state index contributed by atoms with van der Waals surface area (Å²) < 4.78 is 56.0. The number of pyridine rings is 1. The van der Waals surface area contributed by atoms with E-state index in [1.165, 1.54) is 35.0 Å². The molecule has 292 valence electrons. The van der Waals surface area contributed by atoms with Gasteiger partial charge in [-0.3, -0.25) is 9.69 Å². The Morgan fingerprint density at radius 2 is 1.50 bits per heavy atom. The summed E-state index contributed by atoms with van der Waals surface area (Å²) >= 11 is 6.60. The second-order valence-electron chi connectivity index (χ2n) is 14.1. The van der Waals surface area contributed by atoms with Crippen molar-refractivity contribution in [2.75, 3.05) is 32.8 Å². The van der Waals surface area contributed by atoms with E-state index in [9.17, 15) is 18.0 Å². The Kier molecular flexibility index (Phi) is 13.4. The SMILES string of the molecule is Cc1cc(/C=C/C(=O)N2CCN(Cc3ccc(CCOc4ccc(C(C)C)cc4)cc3)CC2)cc(Cl)c1Oc1ccc(OCc2ccc(C(F)(F)F)cc2)cn1. The number of hydrogen-bond acceptors (Lipinski definition) is 6. The molecule has 1 aliphatic heterocycles. The van der Waals surface area contributed by atoms with E-state index >= 15 is 0 Å². The van der Waals surface area contributed by atoms with Crippen LogP contribution in [0.25, 0.3) is 6.08 Å². The van der Waals surface area contributed by atoms with Crippen molar-refractivity contribution in [2.24, 2.45) is 0 Å². The lowest BCUT2D eigenvalue weighted by Gasteiger charge is -2.34. The molecule has 1 amide bonds. The van der Waals surface area contributed by atoms with Gasteiger partial charge in [-0.15, -0.1) is 0 Å². The van der Waals surface area contributed by atoms with Crippen molar-refractivity contribution in [3.63, 3.8) is 0 Å². The minimum absolute atomic E-state index is 0.0500. The molecule has 4 aromatic carbocycles. The zero-order valence-corrected chi connectivity index (χ0v) is 32.4. The van der Waals surface area contributed by atoms with E-state index in [4.69, 9.17) is 25.8 Å². The summed E-state index contributed by atoms with van der Waals surface area (Å²) in [6.07, 6.45) is 1.26. The highest BCUT2D eigenvalue weighted by molar-refractivity contribution is 6.32. The van der Waals surface area contributed by atoms with Gasteiger partial charge in [0.2, 0.25) is 11.8 Å². The van der Waals surface area contributed by atoms with Crippen molar-refractivity contribution >= 4 is 23.6 Å². The highest BCUT2D eigenvalue weighted by atomic mass is 35.5. The van der Waals surface area contributed by atoms with Crippen LogP contribution in [-0.2, 0) is 30.5 Å². The van der Waals surface area contributed by atoms with E-state index in [1.807, 2.05) is 30.0 Å². The topological polar surface area (TPSA) is 64.1 Å². The van der Waals surface area contributed by atoms with E-state index in [0.29, 0.717) is 47.7 Å². The van der Waals surface area contributed by atoms with Gasteiger partial charge in [0.15, 0.2) is 5.75 Å². The van der Waals surface area contributed by atoms with E-state index in [-0.39, 0.29) is 18.4 Å². The number of nitrogens with zero attached hydrogens (tertiary/aromatic N) is 3. The average Bonchev–Trinajstić information content (AvgIpc) is 3.19. The molecule has 1 aliphatic rings. The van der Waals surface area contributed by atoms with Gasteiger partial charge in [0.05, 0.1) is 23.4 Å². The number of aromatic nitrogens is 1. The Labute approximate surface area is 331 Å². The van der Waals surface area contributed by atoms with Crippen molar-refractivity contribution < 1.29 is 32.2 Å². The van der Waals surface area contributed by atoms with Crippen LogP contribution in [0.1, 0.15) is 58.7 Å². The number of carbonyl (C=O) groups is 1. The maximum absolute atomic E-state index is 13.1. The van der Waals surface area contributed by atoms with Gasteiger partial charge in [-0.2, -0.15) is 13.2 Å². The third-order valence-electron chi connectivity index (χ3n) is 9.59. The number of benzene rings is 4. The Bertz CT molecular complexity index is 2060. The molecule has 1 saturated heterocycles. The minimum atomic E-state index is -4.39. The summed E-state index contributed by atoms with van der Waals surface area (Å²) in [6, 6.07) is 28.7. The maximum atomic E-state index is 13.1. The van der Waals surface area contributed by atoms with Crippen LogP contribution in [0.4, 0.5) is 13.2 Å². The summed E-state index contributed by atoms with van der Waals surface area (Å²) in [5.41, 5.74) is 5.20. The Morgan fingerprint density at radius 3 is 2.12 bits per heavy atom. The zero-order chi connectivity index (χ0) is 39.7. The number of carbonyl (C=O) groups excluding carboxylic acids is 1. The zero-order valence-electron chi connectivity index (χ0n) is 31.7. The summed E-state index contributed by atoms with van der Waals surface area (Å²) in [6.45, 7) is 10.7. The highest BCUT2D eigenvalue weighted by Crippen LogP contribution is 2.34. The van der Waals surface area contributed by atoms with E-state index < -0.39 is 11.7 Å². The van der Waals surface area contributed by atoms with Crippen molar-refractivity contribution in [1.82, 2.24) is 14.8 Å². The van der Waals surface area contributed by atoms with Crippen molar-refractivity contribution in [3.8, 4) is 23.1 Å². The molecular formula is C45H45ClF3N3O4. The number of piperazine rings is 1. The van der Waals surface area contributed by atoms with Gasteiger partial charge in [0.1, 0.15) is 18.1 Å². The van der Waals surface area contributed by atoms with Crippen LogP contribution >= 0.6 is 11.6 Å². The van der Waals surface area contributed by atoms with Gasteiger partial charge in [-0.1, -0.05) is 74.0 Å². The molecule has 2 heterocycles. The standard InChI is InChI=1S/C45H45ClF3N3O4/c1-31(2)37-11-15-39(16-12-37)54-25-20-33-4-6-34(7-5-33)29-51-21-23-52(24-22-51)43(53)19-10-36-26-32(3)44(41(46)27-36)56-42-18-17-40(28-50-42)55-30-35-8-13-38(14-9-35)45(47,48)49/h4-19,26-28,31H,20-25,29-30H2,1-3H3/b19-10+. The van der Waals surface area contributed by atoms with Crippen molar-refractivity contribution in [3.05, 3.63) is 153 Å². The number of hydrogen-bond donors (Lipinski definition) is 0. The molecule has 6 rings (SSSR count). The van der Waals surface area contributed by atoms with Gasteiger partial charge in [0, 0.05) is 51.3 Å². The van der Waals surface area contributed by atoms with Crippen LogP contribution in [0.5, 0.6) is 23.1 Å².